The van der Waals surface area contributed by atoms with Gasteiger partial charge in [-0.15, -0.1) is 0 Å². The van der Waals surface area contributed by atoms with Crippen molar-refractivity contribution in [3.05, 3.63) is 0 Å². The van der Waals surface area contributed by atoms with Crippen molar-refractivity contribution in [3.63, 3.8) is 0 Å². The summed E-state index contributed by atoms with van der Waals surface area (Å²) in [7, 11) is 0. The van der Waals surface area contributed by atoms with E-state index in [0.717, 1.165) is 32.1 Å². The summed E-state index contributed by atoms with van der Waals surface area (Å²) in [6.45, 7) is 4.95. The second kappa shape index (κ2) is 5.39. The molecule has 0 radical (unpaired) electrons. The zero-order valence-corrected chi connectivity index (χ0v) is 11.7. The predicted octanol–water partition coefficient (Wildman–Crippen LogP) is 1.98. The Labute approximate surface area is 114 Å². The normalized spacial score (nSPS) is 32.4. The minimum atomic E-state index is -0.680. The summed E-state index contributed by atoms with van der Waals surface area (Å²) in [5.41, 5.74) is 0.247. The van der Waals surface area contributed by atoms with Crippen molar-refractivity contribution < 1.29 is 14.7 Å². The summed E-state index contributed by atoms with van der Waals surface area (Å²) in [5.74, 6) is -0.439. The number of carboxylic acids is 1. The van der Waals surface area contributed by atoms with Gasteiger partial charge in [0.15, 0.2) is 0 Å². The molecule has 0 aromatic heterocycles. The van der Waals surface area contributed by atoms with Gasteiger partial charge in [-0.3, -0.25) is 4.79 Å². The van der Waals surface area contributed by atoms with E-state index in [0.29, 0.717) is 18.5 Å². The summed E-state index contributed by atoms with van der Waals surface area (Å²) < 4.78 is 0. The van der Waals surface area contributed by atoms with Gasteiger partial charge in [0.1, 0.15) is 0 Å². The van der Waals surface area contributed by atoms with Crippen molar-refractivity contribution in [3.8, 4) is 0 Å². The predicted molar refractivity (Wildman–Crippen MR) is 71.8 cm³/mol. The fraction of sp³-hybridized carbons (Fsp3) is 0.857. The first-order chi connectivity index (χ1) is 8.88. The molecule has 0 aromatic rings. The molecule has 2 rings (SSSR count). The van der Waals surface area contributed by atoms with Crippen LogP contribution in [0.25, 0.3) is 0 Å². The number of rotatable bonds is 4. The fourth-order valence-electron chi connectivity index (χ4n) is 2.77. The van der Waals surface area contributed by atoms with E-state index in [4.69, 9.17) is 5.11 Å². The summed E-state index contributed by atoms with van der Waals surface area (Å²) in [6, 6.07) is 0.214. The molecule has 5 heteroatoms. The van der Waals surface area contributed by atoms with E-state index >= 15 is 0 Å². The van der Waals surface area contributed by atoms with Gasteiger partial charge >= 0.3 is 12.0 Å². The monoisotopic (exact) mass is 268 g/mol. The van der Waals surface area contributed by atoms with Crippen LogP contribution in [-0.2, 0) is 4.79 Å². The summed E-state index contributed by atoms with van der Waals surface area (Å²) in [5, 5.41) is 14.8. The SMILES string of the molecule is CC1(C)CC1NC(=O)NCC1CCC(C(=O)O)CC1. The highest BCUT2D eigenvalue weighted by atomic mass is 16.4. The largest absolute Gasteiger partial charge is 0.481 e. The Hall–Kier alpha value is -1.26. The molecule has 3 N–H and O–H groups in total. The molecule has 0 spiro atoms. The molecule has 0 aliphatic heterocycles. The van der Waals surface area contributed by atoms with Crippen molar-refractivity contribution >= 4 is 12.0 Å². The third kappa shape index (κ3) is 3.85. The van der Waals surface area contributed by atoms with Crippen LogP contribution in [0.1, 0.15) is 46.0 Å². The molecule has 1 atom stereocenters. The molecule has 5 nitrogen and oxygen atoms in total. The minimum absolute atomic E-state index is 0.0871. The number of carbonyl (C=O) groups excluding carboxylic acids is 1. The van der Waals surface area contributed by atoms with Gasteiger partial charge in [-0.05, 0) is 43.4 Å². The van der Waals surface area contributed by atoms with Crippen LogP contribution in [0.4, 0.5) is 4.79 Å². The maximum Gasteiger partial charge on any atom is 0.315 e. The number of nitrogens with one attached hydrogen (secondary N) is 2. The Morgan fingerprint density at radius 2 is 1.79 bits per heavy atom. The molecule has 2 amide bonds. The summed E-state index contributed by atoms with van der Waals surface area (Å²) in [6.07, 6.45) is 4.31. The lowest BCUT2D eigenvalue weighted by atomic mass is 9.82. The standard InChI is InChI=1S/C14H24N2O3/c1-14(2)7-11(14)16-13(19)15-8-9-3-5-10(6-4-9)12(17)18/h9-11H,3-8H2,1-2H3,(H,17,18)(H2,15,16,19). The topological polar surface area (TPSA) is 78.4 Å². The van der Waals surface area contributed by atoms with E-state index in [1.165, 1.54) is 0 Å². The lowest BCUT2D eigenvalue weighted by Gasteiger charge is -2.26. The Bertz CT molecular complexity index is 360. The van der Waals surface area contributed by atoms with E-state index in [-0.39, 0.29) is 17.4 Å². The zero-order chi connectivity index (χ0) is 14.0. The molecule has 0 saturated heterocycles. The van der Waals surface area contributed by atoms with Crippen LogP contribution in [0.15, 0.2) is 0 Å². The number of urea groups is 1. The molecular formula is C14H24N2O3. The molecule has 2 saturated carbocycles. The number of hydrogen-bond donors (Lipinski definition) is 3. The number of carboxylic acid groups (broad SMARTS) is 1. The lowest BCUT2D eigenvalue weighted by molar-refractivity contribution is -0.143. The highest BCUT2D eigenvalue weighted by Crippen LogP contribution is 2.44. The first-order valence-electron chi connectivity index (χ1n) is 7.15. The van der Waals surface area contributed by atoms with Crippen LogP contribution in [0.2, 0.25) is 0 Å². The third-order valence-corrected chi connectivity index (χ3v) is 4.57. The summed E-state index contributed by atoms with van der Waals surface area (Å²) >= 11 is 0. The molecular weight excluding hydrogens is 244 g/mol. The first-order valence-corrected chi connectivity index (χ1v) is 7.15. The second-order valence-corrected chi connectivity index (χ2v) is 6.66. The van der Waals surface area contributed by atoms with Crippen molar-refractivity contribution in [2.75, 3.05) is 6.54 Å². The van der Waals surface area contributed by atoms with Gasteiger partial charge in [0.25, 0.3) is 0 Å². The molecule has 1 unspecified atom stereocenters. The van der Waals surface area contributed by atoms with Gasteiger partial charge in [-0.1, -0.05) is 13.8 Å². The molecule has 2 aliphatic carbocycles. The molecule has 19 heavy (non-hydrogen) atoms. The minimum Gasteiger partial charge on any atom is -0.481 e. The maximum absolute atomic E-state index is 11.7. The van der Waals surface area contributed by atoms with Gasteiger partial charge in [0, 0.05) is 12.6 Å². The third-order valence-electron chi connectivity index (χ3n) is 4.57. The van der Waals surface area contributed by atoms with Crippen LogP contribution < -0.4 is 10.6 Å². The molecule has 108 valence electrons. The van der Waals surface area contributed by atoms with E-state index in [1.54, 1.807) is 0 Å². The van der Waals surface area contributed by atoms with Crippen LogP contribution in [0.3, 0.4) is 0 Å². The number of amides is 2. The Kier molecular flexibility index (Phi) is 4.02. The van der Waals surface area contributed by atoms with Crippen LogP contribution in [0, 0.1) is 17.3 Å². The number of carbonyl (C=O) groups is 2. The highest BCUT2D eigenvalue weighted by Gasteiger charge is 2.46. The van der Waals surface area contributed by atoms with Crippen LogP contribution >= 0.6 is 0 Å². The van der Waals surface area contributed by atoms with Gasteiger partial charge in [0.2, 0.25) is 0 Å². The van der Waals surface area contributed by atoms with Crippen LogP contribution in [0.5, 0.6) is 0 Å². The van der Waals surface area contributed by atoms with Gasteiger partial charge < -0.3 is 15.7 Å². The van der Waals surface area contributed by atoms with Crippen molar-refractivity contribution in [1.29, 1.82) is 0 Å². The summed E-state index contributed by atoms with van der Waals surface area (Å²) in [4.78, 5) is 22.5. The average Bonchev–Trinajstić information content (AvgIpc) is 2.94. The highest BCUT2D eigenvalue weighted by molar-refractivity contribution is 5.74. The second-order valence-electron chi connectivity index (χ2n) is 6.66. The van der Waals surface area contributed by atoms with E-state index in [9.17, 15) is 9.59 Å². The zero-order valence-electron chi connectivity index (χ0n) is 11.7. The molecule has 2 aliphatic rings. The molecule has 0 bridgehead atoms. The fourth-order valence-corrected chi connectivity index (χ4v) is 2.77. The molecule has 0 heterocycles. The van der Waals surface area contributed by atoms with Crippen molar-refractivity contribution in [2.24, 2.45) is 17.3 Å². The maximum atomic E-state index is 11.7. The van der Waals surface area contributed by atoms with Crippen molar-refractivity contribution in [2.45, 2.75) is 52.0 Å². The Morgan fingerprint density at radius 1 is 1.21 bits per heavy atom. The van der Waals surface area contributed by atoms with E-state index in [1.807, 2.05) is 0 Å². The van der Waals surface area contributed by atoms with Crippen LogP contribution in [-0.4, -0.2) is 29.7 Å². The van der Waals surface area contributed by atoms with E-state index < -0.39 is 5.97 Å². The Morgan fingerprint density at radius 3 is 2.26 bits per heavy atom. The molecule has 0 aromatic carbocycles. The van der Waals surface area contributed by atoms with Gasteiger partial charge in [-0.2, -0.15) is 0 Å². The Balaban J connectivity index is 1.61. The number of aliphatic carboxylic acids is 1. The van der Waals surface area contributed by atoms with Gasteiger partial charge in [-0.25, -0.2) is 4.79 Å². The van der Waals surface area contributed by atoms with Crippen molar-refractivity contribution in [1.82, 2.24) is 10.6 Å². The lowest BCUT2D eigenvalue weighted by Crippen LogP contribution is -2.41. The van der Waals surface area contributed by atoms with Gasteiger partial charge in [0.05, 0.1) is 5.92 Å². The molecule has 2 fully saturated rings. The number of hydrogen-bond acceptors (Lipinski definition) is 2. The smallest absolute Gasteiger partial charge is 0.315 e. The average molecular weight is 268 g/mol. The quantitative estimate of drug-likeness (QED) is 0.729. The first kappa shape index (κ1) is 14.2. The van der Waals surface area contributed by atoms with E-state index in [2.05, 4.69) is 24.5 Å².